The lowest BCUT2D eigenvalue weighted by molar-refractivity contribution is -0.131. The second kappa shape index (κ2) is 10.4. The quantitative estimate of drug-likeness (QED) is 0.412. The van der Waals surface area contributed by atoms with Gasteiger partial charge in [0.15, 0.2) is 0 Å². The monoisotopic (exact) mass is 504 g/mol. The summed E-state index contributed by atoms with van der Waals surface area (Å²) in [4.78, 5) is 17.6. The van der Waals surface area contributed by atoms with Crippen molar-refractivity contribution in [2.45, 2.75) is 30.5 Å². The number of rotatable bonds is 7. The molecule has 2 aromatic carbocycles. The van der Waals surface area contributed by atoms with Crippen LogP contribution in [0.3, 0.4) is 0 Å². The number of hydrogen-bond acceptors (Lipinski definition) is 8. The summed E-state index contributed by atoms with van der Waals surface area (Å²) in [5.74, 6) is 1.93. The Balaban J connectivity index is 1.46. The van der Waals surface area contributed by atoms with Crippen LogP contribution < -0.4 is 20.6 Å². The van der Waals surface area contributed by atoms with Crippen molar-refractivity contribution in [2.24, 2.45) is 0 Å². The van der Waals surface area contributed by atoms with Crippen molar-refractivity contribution in [1.29, 1.82) is 0 Å². The van der Waals surface area contributed by atoms with E-state index in [2.05, 4.69) is 26.7 Å². The summed E-state index contributed by atoms with van der Waals surface area (Å²) in [6.45, 7) is 0. The Bertz CT molecular complexity index is 1300. The van der Waals surface area contributed by atoms with Crippen molar-refractivity contribution >= 4 is 29.7 Å². The fourth-order valence-electron chi connectivity index (χ4n) is 4.59. The van der Waals surface area contributed by atoms with E-state index >= 15 is 0 Å². The molecule has 0 unspecified atom stereocenters. The van der Waals surface area contributed by atoms with Gasteiger partial charge in [0.2, 0.25) is 11.1 Å². The summed E-state index contributed by atoms with van der Waals surface area (Å²) < 4.78 is 10.6. The minimum absolute atomic E-state index is 0.0672. The smallest absolute Gasteiger partial charge is 0.252 e. The van der Waals surface area contributed by atoms with Gasteiger partial charge in [-0.25, -0.2) is 10.1 Å². The molecule has 0 spiro atoms. The number of carbonyl (C=O) groups is 1. The van der Waals surface area contributed by atoms with E-state index in [0.29, 0.717) is 5.16 Å². The Morgan fingerprint density at radius 3 is 2.44 bits per heavy atom. The summed E-state index contributed by atoms with van der Waals surface area (Å²) >= 11 is 1.25. The molecule has 2 aliphatic rings. The molecular formula is C26H28N6O3S. The highest BCUT2D eigenvalue weighted by molar-refractivity contribution is 7.99. The number of aromatic amines is 1. The van der Waals surface area contributed by atoms with Gasteiger partial charge < -0.3 is 15.2 Å². The third-order valence-electron chi connectivity index (χ3n) is 6.32. The van der Waals surface area contributed by atoms with Crippen LogP contribution in [-0.2, 0) is 4.79 Å². The van der Waals surface area contributed by atoms with Crippen molar-refractivity contribution in [3.8, 4) is 11.5 Å². The molecule has 0 fully saturated rings. The molecule has 2 heterocycles. The topological polar surface area (TPSA) is 118 Å². The summed E-state index contributed by atoms with van der Waals surface area (Å²) in [6.07, 6.45) is 5.04. The van der Waals surface area contributed by atoms with E-state index in [1.54, 1.807) is 19.2 Å². The van der Waals surface area contributed by atoms with E-state index in [1.807, 2.05) is 48.5 Å². The zero-order valence-corrected chi connectivity index (χ0v) is 21.0. The summed E-state index contributed by atoms with van der Waals surface area (Å²) in [5.41, 5.74) is 14.6. The van der Waals surface area contributed by atoms with E-state index in [0.717, 1.165) is 47.6 Å². The minimum Gasteiger partial charge on any atom is -0.497 e. The number of methoxy groups -OCH3 is 2. The highest BCUT2D eigenvalue weighted by Gasteiger charge is 2.39. The van der Waals surface area contributed by atoms with Crippen LogP contribution in [0.15, 0.2) is 70.5 Å². The number of nitrogens with two attached hydrogens (primary N) is 1. The highest BCUT2D eigenvalue weighted by Crippen LogP contribution is 2.44. The van der Waals surface area contributed by atoms with Crippen molar-refractivity contribution < 1.29 is 14.3 Å². The van der Waals surface area contributed by atoms with Gasteiger partial charge >= 0.3 is 0 Å². The molecule has 0 saturated carbocycles. The Morgan fingerprint density at radius 1 is 1.11 bits per heavy atom. The predicted octanol–water partition coefficient (Wildman–Crippen LogP) is 4.11. The molecule has 186 valence electrons. The second-order valence-corrected chi connectivity index (χ2v) is 9.48. The molecule has 3 aromatic rings. The highest BCUT2D eigenvalue weighted by atomic mass is 32.2. The molecule has 1 aromatic heterocycles. The van der Waals surface area contributed by atoms with Gasteiger partial charge in [-0.15, -0.1) is 5.10 Å². The van der Waals surface area contributed by atoms with Crippen LogP contribution in [0, 0.1) is 0 Å². The van der Waals surface area contributed by atoms with Crippen LogP contribution in [0.4, 0.5) is 5.95 Å². The van der Waals surface area contributed by atoms with E-state index in [4.69, 9.17) is 15.2 Å². The number of hydrazine groups is 1. The molecular weight excluding hydrogens is 476 g/mol. The van der Waals surface area contributed by atoms with Crippen LogP contribution >= 0.6 is 11.8 Å². The molecule has 1 aliphatic heterocycles. The molecule has 0 radical (unpaired) electrons. The zero-order valence-electron chi connectivity index (χ0n) is 20.2. The number of thioether (sulfide) groups is 1. The first-order valence-corrected chi connectivity index (χ1v) is 12.7. The number of aromatic nitrogens is 3. The van der Waals surface area contributed by atoms with Gasteiger partial charge in [-0.1, -0.05) is 36.0 Å². The van der Waals surface area contributed by atoms with Crippen molar-refractivity contribution in [1.82, 2.24) is 25.6 Å². The fraction of sp³-hybridized carbons (Fsp3) is 0.269. The van der Waals surface area contributed by atoms with Crippen molar-refractivity contribution in [2.75, 3.05) is 25.7 Å². The van der Waals surface area contributed by atoms with Gasteiger partial charge in [0.05, 0.1) is 25.7 Å². The van der Waals surface area contributed by atoms with Gasteiger partial charge in [0.25, 0.3) is 5.91 Å². The number of carbonyl (C=O) groups excluding carboxylic acids is 1. The standard InChI is InChI=1S/C26H28N6O3S/c1-34-19-10-6-16(7-11-19)14-18-4-3-5-21-23(18)31-32(22(33)15-36-26-28-25(27)29-30-26)24(21)17-8-12-20(35-2)13-9-17/h6-14,24,31H,3-5,15H2,1-2H3,(H3,27,28,29,30)/b18-14-/t24-/m1/s1. The first kappa shape index (κ1) is 23.8. The van der Waals surface area contributed by atoms with E-state index < -0.39 is 0 Å². The lowest BCUT2D eigenvalue weighted by Gasteiger charge is -2.27. The largest absolute Gasteiger partial charge is 0.497 e. The van der Waals surface area contributed by atoms with Gasteiger partial charge in [-0.3, -0.25) is 10.2 Å². The summed E-state index contributed by atoms with van der Waals surface area (Å²) in [5, 5.41) is 8.81. The van der Waals surface area contributed by atoms with Crippen LogP contribution in [0.1, 0.15) is 36.4 Å². The SMILES string of the molecule is COc1ccc(/C=C2/CCCC3=C2NN(C(=O)CSc2n[nH]c(N)n2)[C@@H]3c2ccc(OC)cc2)cc1. The molecule has 10 heteroatoms. The van der Waals surface area contributed by atoms with Crippen LogP contribution in [-0.4, -0.2) is 46.1 Å². The average Bonchev–Trinajstić information content (AvgIpc) is 3.52. The summed E-state index contributed by atoms with van der Waals surface area (Å²) in [7, 11) is 3.31. The lowest BCUT2D eigenvalue weighted by Crippen LogP contribution is -2.41. The molecule has 0 saturated heterocycles. The third kappa shape index (κ3) is 4.90. The van der Waals surface area contributed by atoms with Crippen molar-refractivity contribution in [3.63, 3.8) is 0 Å². The molecule has 4 N–H and O–H groups in total. The molecule has 5 rings (SSSR count). The number of anilines is 1. The maximum Gasteiger partial charge on any atom is 0.252 e. The van der Waals surface area contributed by atoms with E-state index in [-0.39, 0.29) is 23.7 Å². The number of nitrogens with one attached hydrogen (secondary N) is 2. The Hall–Kier alpha value is -3.92. The number of nitrogen functional groups attached to an aromatic ring is 1. The molecule has 36 heavy (non-hydrogen) atoms. The van der Waals surface area contributed by atoms with E-state index in [1.165, 1.54) is 22.9 Å². The Labute approximate surface area is 213 Å². The van der Waals surface area contributed by atoms with Gasteiger partial charge in [-0.2, -0.15) is 4.98 Å². The van der Waals surface area contributed by atoms with Crippen LogP contribution in [0.2, 0.25) is 0 Å². The number of ether oxygens (including phenoxy) is 2. The predicted molar refractivity (Wildman–Crippen MR) is 139 cm³/mol. The Morgan fingerprint density at radius 2 is 1.81 bits per heavy atom. The molecule has 1 atom stereocenters. The van der Waals surface area contributed by atoms with Gasteiger partial charge in [-0.05, 0) is 71.9 Å². The first-order chi connectivity index (χ1) is 17.6. The molecule has 1 aliphatic carbocycles. The third-order valence-corrected chi connectivity index (χ3v) is 7.15. The molecule has 9 nitrogen and oxygen atoms in total. The Kier molecular flexibility index (Phi) is 6.86. The minimum atomic E-state index is -0.212. The van der Waals surface area contributed by atoms with Crippen LogP contribution in [0.25, 0.3) is 6.08 Å². The molecule has 1 amide bonds. The lowest BCUT2D eigenvalue weighted by atomic mass is 9.86. The number of hydrogen-bond donors (Lipinski definition) is 3. The van der Waals surface area contributed by atoms with Gasteiger partial charge in [0.1, 0.15) is 17.5 Å². The second-order valence-electron chi connectivity index (χ2n) is 8.54. The van der Waals surface area contributed by atoms with Crippen molar-refractivity contribution in [3.05, 3.63) is 76.5 Å². The maximum absolute atomic E-state index is 13.5. The van der Waals surface area contributed by atoms with E-state index in [9.17, 15) is 4.79 Å². The van der Waals surface area contributed by atoms with Crippen LogP contribution in [0.5, 0.6) is 11.5 Å². The first-order valence-electron chi connectivity index (χ1n) is 11.7. The average molecular weight is 505 g/mol. The number of H-pyrrole nitrogens is 1. The summed E-state index contributed by atoms with van der Waals surface area (Å²) in [6, 6.07) is 15.7. The zero-order chi connectivity index (χ0) is 25.1. The maximum atomic E-state index is 13.5. The van der Waals surface area contributed by atoms with Gasteiger partial charge in [0, 0.05) is 0 Å². The number of allylic oxidation sites excluding steroid dienone is 1. The fourth-order valence-corrected chi connectivity index (χ4v) is 5.26. The molecule has 0 bridgehead atoms. The number of nitrogens with zero attached hydrogens (tertiary/aromatic N) is 3. The number of amides is 1. The normalized spacial score (nSPS) is 18.2. The number of benzene rings is 2.